The zero-order chi connectivity index (χ0) is 10.7. The van der Waals surface area contributed by atoms with Crippen LogP contribution in [0.1, 0.15) is 18.4 Å². The first-order chi connectivity index (χ1) is 7.25. The molecule has 1 aliphatic rings. The van der Waals surface area contributed by atoms with Crippen molar-refractivity contribution < 1.29 is 9.13 Å². The number of rotatable bonds is 3. The average Bonchev–Trinajstić information content (AvgIpc) is 2.73. The Morgan fingerprint density at radius 1 is 1.53 bits per heavy atom. The molecule has 1 aliphatic heterocycles. The van der Waals surface area contributed by atoms with Crippen molar-refractivity contribution in [2.75, 3.05) is 13.2 Å². The molecule has 82 valence electrons. The minimum atomic E-state index is -0.202. The summed E-state index contributed by atoms with van der Waals surface area (Å²) in [5.41, 5.74) is 0.654. The predicted octanol–water partition coefficient (Wildman–Crippen LogP) is 2.26. The van der Waals surface area contributed by atoms with Gasteiger partial charge in [-0.05, 0) is 37.9 Å². The van der Waals surface area contributed by atoms with Gasteiger partial charge >= 0.3 is 0 Å². The van der Waals surface area contributed by atoms with E-state index in [1.54, 1.807) is 13.0 Å². The van der Waals surface area contributed by atoms with Crippen molar-refractivity contribution in [1.82, 2.24) is 5.32 Å². The number of benzene rings is 1. The van der Waals surface area contributed by atoms with Crippen molar-refractivity contribution in [3.8, 4) is 5.75 Å². The van der Waals surface area contributed by atoms with E-state index in [9.17, 15) is 4.39 Å². The van der Waals surface area contributed by atoms with Gasteiger partial charge < -0.3 is 10.1 Å². The molecule has 1 N–H and O–H groups in total. The van der Waals surface area contributed by atoms with Crippen molar-refractivity contribution in [2.24, 2.45) is 0 Å². The van der Waals surface area contributed by atoms with E-state index in [1.165, 1.54) is 12.5 Å². The van der Waals surface area contributed by atoms with Crippen LogP contribution in [0.4, 0.5) is 4.39 Å². The van der Waals surface area contributed by atoms with Crippen LogP contribution in [0.2, 0.25) is 0 Å². The highest BCUT2D eigenvalue weighted by Gasteiger charge is 2.14. The van der Waals surface area contributed by atoms with E-state index >= 15 is 0 Å². The van der Waals surface area contributed by atoms with Gasteiger partial charge in [0, 0.05) is 12.1 Å². The summed E-state index contributed by atoms with van der Waals surface area (Å²) in [7, 11) is 0. The van der Waals surface area contributed by atoms with Gasteiger partial charge in [0.1, 0.15) is 18.2 Å². The zero-order valence-corrected chi connectivity index (χ0v) is 8.92. The molecule has 0 aliphatic carbocycles. The second-order valence-electron chi connectivity index (χ2n) is 4.02. The maximum atomic E-state index is 13.2. The van der Waals surface area contributed by atoms with Crippen molar-refractivity contribution in [2.45, 2.75) is 25.8 Å². The molecule has 1 heterocycles. The van der Waals surface area contributed by atoms with Gasteiger partial charge in [0.15, 0.2) is 0 Å². The summed E-state index contributed by atoms with van der Waals surface area (Å²) in [6.45, 7) is 3.44. The third-order valence-electron chi connectivity index (χ3n) is 2.76. The first-order valence-corrected chi connectivity index (χ1v) is 5.38. The summed E-state index contributed by atoms with van der Waals surface area (Å²) in [4.78, 5) is 0. The minimum absolute atomic E-state index is 0.202. The fourth-order valence-corrected chi connectivity index (χ4v) is 1.76. The summed E-state index contributed by atoms with van der Waals surface area (Å²) >= 11 is 0. The lowest BCUT2D eigenvalue weighted by atomic mass is 10.2. The van der Waals surface area contributed by atoms with Gasteiger partial charge in [0.2, 0.25) is 0 Å². The standard InChI is InChI=1S/C12H16FNO/c1-9-4-5-11(7-12(9)13)15-8-10-3-2-6-14-10/h4-5,7,10,14H,2-3,6,8H2,1H3/t10-/m1/s1. The summed E-state index contributed by atoms with van der Waals surface area (Å²) in [6.07, 6.45) is 2.35. The topological polar surface area (TPSA) is 21.3 Å². The SMILES string of the molecule is Cc1ccc(OC[C@H]2CCCN2)cc1F. The van der Waals surface area contributed by atoms with E-state index in [0.29, 0.717) is 24.0 Å². The van der Waals surface area contributed by atoms with Crippen LogP contribution in [-0.4, -0.2) is 19.2 Å². The summed E-state index contributed by atoms with van der Waals surface area (Å²) in [6, 6.07) is 5.43. The van der Waals surface area contributed by atoms with Crippen LogP contribution in [0.5, 0.6) is 5.75 Å². The maximum absolute atomic E-state index is 13.2. The van der Waals surface area contributed by atoms with E-state index in [1.807, 2.05) is 6.07 Å². The molecule has 1 atom stereocenters. The van der Waals surface area contributed by atoms with Crippen LogP contribution < -0.4 is 10.1 Å². The van der Waals surface area contributed by atoms with Gasteiger partial charge in [0.25, 0.3) is 0 Å². The Bertz CT molecular complexity index is 334. The molecule has 1 aromatic carbocycles. The molecule has 2 rings (SSSR count). The van der Waals surface area contributed by atoms with Crippen molar-refractivity contribution >= 4 is 0 Å². The van der Waals surface area contributed by atoms with Gasteiger partial charge in [-0.1, -0.05) is 6.07 Å². The second kappa shape index (κ2) is 4.62. The summed E-state index contributed by atoms with van der Waals surface area (Å²) < 4.78 is 18.7. The van der Waals surface area contributed by atoms with Crippen LogP contribution in [0.3, 0.4) is 0 Å². The first-order valence-electron chi connectivity index (χ1n) is 5.38. The molecule has 1 aromatic rings. The van der Waals surface area contributed by atoms with E-state index < -0.39 is 0 Å². The fraction of sp³-hybridized carbons (Fsp3) is 0.500. The number of ether oxygens (including phenoxy) is 1. The van der Waals surface area contributed by atoms with Crippen LogP contribution >= 0.6 is 0 Å². The van der Waals surface area contributed by atoms with E-state index in [-0.39, 0.29) is 5.82 Å². The molecule has 0 bridgehead atoms. The normalized spacial score (nSPS) is 20.5. The largest absolute Gasteiger partial charge is 0.492 e. The van der Waals surface area contributed by atoms with Gasteiger partial charge in [-0.15, -0.1) is 0 Å². The molecule has 1 saturated heterocycles. The highest BCUT2D eigenvalue weighted by molar-refractivity contribution is 5.28. The van der Waals surface area contributed by atoms with Crippen molar-refractivity contribution in [3.05, 3.63) is 29.6 Å². The lowest BCUT2D eigenvalue weighted by Crippen LogP contribution is -2.28. The highest BCUT2D eigenvalue weighted by Crippen LogP contribution is 2.16. The van der Waals surface area contributed by atoms with Crippen LogP contribution in [0, 0.1) is 12.7 Å². The molecular formula is C12H16FNO. The predicted molar refractivity (Wildman–Crippen MR) is 57.7 cm³/mol. The number of nitrogens with one attached hydrogen (secondary N) is 1. The molecule has 0 radical (unpaired) electrons. The lowest BCUT2D eigenvalue weighted by molar-refractivity contribution is 0.276. The third-order valence-corrected chi connectivity index (χ3v) is 2.76. The van der Waals surface area contributed by atoms with Gasteiger partial charge in [-0.2, -0.15) is 0 Å². The molecule has 0 amide bonds. The van der Waals surface area contributed by atoms with Crippen LogP contribution in [0.25, 0.3) is 0 Å². The van der Waals surface area contributed by atoms with Crippen LogP contribution in [-0.2, 0) is 0 Å². The molecule has 0 spiro atoms. The van der Waals surface area contributed by atoms with Crippen molar-refractivity contribution in [3.63, 3.8) is 0 Å². The molecule has 2 nitrogen and oxygen atoms in total. The molecule has 0 saturated carbocycles. The molecule has 0 unspecified atom stereocenters. The smallest absolute Gasteiger partial charge is 0.129 e. The number of halogens is 1. The number of hydrogen-bond donors (Lipinski definition) is 1. The lowest BCUT2D eigenvalue weighted by Gasteiger charge is -2.12. The van der Waals surface area contributed by atoms with Crippen LogP contribution in [0.15, 0.2) is 18.2 Å². The molecule has 0 aromatic heterocycles. The van der Waals surface area contributed by atoms with Gasteiger partial charge in [-0.3, -0.25) is 0 Å². The quantitative estimate of drug-likeness (QED) is 0.824. The van der Waals surface area contributed by atoms with E-state index in [2.05, 4.69) is 5.32 Å². The minimum Gasteiger partial charge on any atom is -0.492 e. The Kier molecular flexibility index (Phi) is 3.21. The molecule has 1 fully saturated rings. The second-order valence-corrected chi connectivity index (χ2v) is 4.02. The van der Waals surface area contributed by atoms with E-state index in [4.69, 9.17) is 4.74 Å². The third kappa shape index (κ3) is 2.69. The first kappa shape index (κ1) is 10.4. The molecule has 3 heteroatoms. The Morgan fingerprint density at radius 3 is 3.07 bits per heavy atom. The summed E-state index contributed by atoms with van der Waals surface area (Å²) in [5, 5.41) is 3.33. The Balaban J connectivity index is 1.90. The van der Waals surface area contributed by atoms with Crippen molar-refractivity contribution in [1.29, 1.82) is 0 Å². The number of hydrogen-bond acceptors (Lipinski definition) is 2. The Hall–Kier alpha value is -1.09. The Labute approximate surface area is 89.4 Å². The average molecular weight is 209 g/mol. The summed E-state index contributed by atoms with van der Waals surface area (Å²) in [5.74, 6) is 0.415. The van der Waals surface area contributed by atoms with E-state index in [0.717, 1.165) is 13.0 Å². The van der Waals surface area contributed by atoms with Gasteiger partial charge in [-0.25, -0.2) is 4.39 Å². The highest BCUT2D eigenvalue weighted by atomic mass is 19.1. The molecule has 15 heavy (non-hydrogen) atoms. The maximum Gasteiger partial charge on any atom is 0.129 e. The zero-order valence-electron chi connectivity index (χ0n) is 8.92. The Morgan fingerprint density at radius 2 is 2.40 bits per heavy atom. The number of aryl methyl sites for hydroxylation is 1. The van der Waals surface area contributed by atoms with Gasteiger partial charge in [0.05, 0.1) is 0 Å². The molecular weight excluding hydrogens is 193 g/mol. The monoisotopic (exact) mass is 209 g/mol. The fourth-order valence-electron chi connectivity index (χ4n) is 1.76.